The topological polar surface area (TPSA) is 100 Å². The molecule has 0 aliphatic rings. The van der Waals surface area contributed by atoms with Crippen LogP contribution in [0.5, 0.6) is 0 Å². The van der Waals surface area contributed by atoms with Crippen molar-refractivity contribution in [2.45, 2.75) is 52.0 Å². The number of hydrogen-bond acceptors (Lipinski definition) is 6. The first kappa shape index (κ1) is 36.8. The number of allylic oxidation sites excluding steroid dienone is 2. The van der Waals surface area contributed by atoms with Gasteiger partial charge in [-0.2, -0.15) is 10.2 Å². The summed E-state index contributed by atoms with van der Waals surface area (Å²) in [6.07, 6.45) is 15.0. The zero-order chi connectivity index (χ0) is 38.5. The van der Waals surface area contributed by atoms with E-state index in [9.17, 15) is 27.2 Å². The predicted molar refractivity (Wildman–Crippen MR) is 203 cm³/mol. The molecule has 0 unspecified atom stereocenters. The Morgan fingerprint density at radius 3 is 1.51 bits per heavy atom. The average molecular weight is 746 g/mol. The number of hydrogen-bond donors (Lipinski definition) is 0. The van der Waals surface area contributed by atoms with Crippen LogP contribution >= 0.6 is 0 Å². The molecule has 0 radical (unpaired) electrons. The minimum atomic E-state index is -1.00. The van der Waals surface area contributed by atoms with E-state index in [1.807, 2.05) is 36.4 Å². The SMILES string of the molecule is CCCCCCCCn1c2ccc(/C=C(/C(=O)c3ccc(F)cc3F)n3cncn3)cc2c2cc(/C=C(/C(=O)c3ccc(F)cc3F)n3cncn3)ccc21. The Labute approximate surface area is 313 Å². The lowest BCUT2D eigenvalue weighted by Gasteiger charge is -2.09. The molecule has 4 aromatic carbocycles. The number of aromatic nitrogens is 7. The molecule has 0 aliphatic heterocycles. The van der Waals surface area contributed by atoms with E-state index in [-0.39, 0.29) is 22.5 Å². The first-order valence-corrected chi connectivity index (χ1v) is 17.9. The number of carbonyl (C=O) groups excluding carboxylic acids is 2. The Balaban J connectivity index is 1.35. The van der Waals surface area contributed by atoms with Crippen molar-refractivity contribution in [3.8, 4) is 0 Å². The number of aryl methyl sites for hydroxylation is 1. The number of benzene rings is 4. The maximum atomic E-state index is 14.8. The van der Waals surface area contributed by atoms with Gasteiger partial charge in [-0.15, -0.1) is 0 Å². The summed E-state index contributed by atoms with van der Waals surface area (Å²) >= 11 is 0. The molecule has 3 aromatic heterocycles. The first-order chi connectivity index (χ1) is 26.7. The molecule has 13 heteroatoms. The fourth-order valence-electron chi connectivity index (χ4n) is 6.69. The molecule has 278 valence electrons. The standard InChI is InChI=1S/C42H35F4N7O2/c1-2-3-4-5-6-7-16-51-37-14-8-27(19-39(52-25-47-23-49-52)41(54)31-12-10-29(43)21-35(31)45)17-33(37)34-18-28(9-15-38(34)51)20-40(53-26-48-24-50-53)42(55)32-13-11-30(44)22-36(32)46/h8-15,17-26H,2-7,16H2,1H3/b39-19-,40-20-. The van der Waals surface area contributed by atoms with E-state index in [1.54, 1.807) is 12.2 Å². The van der Waals surface area contributed by atoms with Gasteiger partial charge in [-0.1, -0.05) is 51.2 Å². The normalized spacial score (nSPS) is 12.2. The smallest absolute Gasteiger partial charge is 0.214 e. The number of halogens is 4. The lowest BCUT2D eigenvalue weighted by Crippen LogP contribution is -2.12. The molecule has 7 aromatic rings. The highest BCUT2D eigenvalue weighted by atomic mass is 19.1. The van der Waals surface area contributed by atoms with Crippen molar-refractivity contribution >= 4 is 56.9 Å². The van der Waals surface area contributed by atoms with Gasteiger partial charge in [-0.3, -0.25) is 9.59 Å². The minimum Gasteiger partial charge on any atom is -0.340 e. The lowest BCUT2D eigenvalue weighted by molar-refractivity contribution is 0.103. The summed E-state index contributed by atoms with van der Waals surface area (Å²) in [5.41, 5.74) is 2.39. The number of ketones is 2. The van der Waals surface area contributed by atoms with Gasteiger partial charge >= 0.3 is 0 Å². The largest absolute Gasteiger partial charge is 0.340 e. The fraction of sp³-hybridized carbons (Fsp3) is 0.190. The summed E-state index contributed by atoms with van der Waals surface area (Å²) < 4.78 is 61.8. The van der Waals surface area contributed by atoms with E-state index in [2.05, 4.69) is 31.7 Å². The molecule has 55 heavy (non-hydrogen) atoms. The van der Waals surface area contributed by atoms with Gasteiger partial charge in [-0.25, -0.2) is 36.9 Å². The molecular formula is C42H35F4N7O2. The fourth-order valence-corrected chi connectivity index (χ4v) is 6.69. The number of carbonyl (C=O) groups is 2. The maximum Gasteiger partial charge on any atom is 0.214 e. The lowest BCUT2D eigenvalue weighted by atomic mass is 10.0. The quantitative estimate of drug-likeness (QED) is 0.0449. The molecule has 0 fully saturated rings. The van der Waals surface area contributed by atoms with Crippen molar-refractivity contribution in [3.05, 3.63) is 144 Å². The van der Waals surface area contributed by atoms with Crippen molar-refractivity contribution < 1.29 is 27.2 Å². The highest BCUT2D eigenvalue weighted by Gasteiger charge is 2.22. The number of nitrogens with zero attached hydrogens (tertiary/aromatic N) is 7. The number of Topliss-reactive ketones (excluding diaryl/α,β-unsaturated/α-hetero) is 2. The van der Waals surface area contributed by atoms with Crippen LogP contribution in [0.1, 0.15) is 77.3 Å². The summed E-state index contributed by atoms with van der Waals surface area (Å²) in [5, 5.41) is 9.90. The zero-order valence-corrected chi connectivity index (χ0v) is 29.8. The molecule has 7 rings (SSSR count). The predicted octanol–water partition coefficient (Wildman–Crippen LogP) is 9.66. The Hall–Kier alpha value is -6.50. The molecule has 0 atom stereocenters. The van der Waals surface area contributed by atoms with Crippen LogP contribution in [0.2, 0.25) is 0 Å². The number of unbranched alkanes of at least 4 members (excludes halogenated alkanes) is 5. The Morgan fingerprint density at radius 2 is 1.07 bits per heavy atom. The van der Waals surface area contributed by atoms with Crippen molar-refractivity contribution in [1.29, 1.82) is 0 Å². The van der Waals surface area contributed by atoms with Gasteiger partial charge in [0.05, 0.1) is 11.1 Å². The van der Waals surface area contributed by atoms with E-state index in [0.717, 1.165) is 78.3 Å². The molecule has 0 N–H and O–H groups in total. The van der Waals surface area contributed by atoms with Gasteiger partial charge < -0.3 is 4.57 Å². The summed E-state index contributed by atoms with van der Waals surface area (Å²) in [6.45, 7) is 2.93. The molecule has 0 saturated carbocycles. The highest BCUT2D eigenvalue weighted by molar-refractivity contribution is 6.29. The second-order valence-electron chi connectivity index (χ2n) is 13.1. The van der Waals surface area contributed by atoms with E-state index in [0.29, 0.717) is 23.3 Å². The summed E-state index contributed by atoms with van der Waals surface area (Å²) in [4.78, 5) is 35.3. The summed E-state index contributed by atoms with van der Waals surface area (Å²) in [5.74, 6) is -5.06. The first-order valence-electron chi connectivity index (χ1n) is 17.9. The monoisotopic (exact) mass is 745 g/mol. The van der Waals surface area contributed by atoms with Gasteiger partial charge in [-0.05, 0) is 78.2 Å². The van der Waals surface area contributed by atoms with E-state index >= 15 is 0 Å². The van der Waals surface area contributed by atoms with Crippen molar-refractivity contribution in [2.24, 2.45) is 0 Å². The van der Waals surface area contributed by atoms with Crippen LogP contribution in [0, 0.1) is 23.3 Å². The molecule has 0 aliphatic carbocycles. The van der Waals surface area contributed by atoms with Gasteiger partial charge in [0.15, 0.2) is 0 Å². The third-order valence-electron chi connectivity index (χ3n) is 9.40. The number of fused-ring (bicyclic) bond motifs is 3. The maximum absolute atomic E-state index is 14.8. The van der Waals surface area contributed by atoms with Gasteiger partial charge in [0.25, 0.3) is 0 Å². The van der Waals surface area contributed by atoms with Crippen LogP contribution in [0.3, 0.4) is 0 Å². The second kappa shape index (κ2) is 16.3. The van der Waals surface area contributed by atoms with Gasteiger partial charge in [0, 0.05) is 40.5 Å². The highest BCUT2D eigenvalue weighted by Crippen LogP contribution is 2.33. The summed E-state index contributed by atoms with van der Waals surface area (Å²) in [6, 6.07) is 17.0. The number of rotatable bonds is 15. The van der Waals surface area contributed by atoms with Crippen LogP contribution in [-0.2, 0) is 6.54 Å². The van der Waals surface area contributed by atoms with Crippen LogP contribution in [0.4, 0.5) is 17.6 Å². The molecular weight excluding hydrogens is 711 g/mol. The third-order valence-corrected chi connectivity index (χ3v) is 9.40. The van der Waals surface area contributed by atoms with Crippen LogP contribution in [-0.4, -0.2) is 45.7 Å². The zero-order valence-electron chi connectivity index (χ0n) is 29.8. The van der Waals surface area contributed by atoms with Crippen LogP contribution in [0.15, 0.2) is 98.1 Å². The Kier molecular flexibility index (Phi) is 10.9. The molecule has 0 spiro atoms. The third kappa shape index (κ3) is 7.91. The molecule has 0 bridgehead atoms. The average Bonchev–Trinajstić information content (AvgIpc) is 3.96. The molecule has 3 heterocycles. The minimum absolute atomic E-state index is 0.00851. The van der Waals surface area contributed by atoms with Crippen LogP contribution in [0.25, 0.3) is 45.4 Å². The Morgan fingerprint density at radius 1 is 0.600 bits per heavy atom. The van der Waals surface area contributed by atoms with Crippen LogP contribution < -0.4 is 0 Å². The van der Waals surface area contributed by atoms with E-state index < -0.39 is 34.8 Å². The molecule has 0 amide bonds. The van der Waals surface area contributed by atoms with E-state index in [4.69, 9.17) is 0 Å². The van der Waals surface area contributed by atoms with Gasteiger partial charge in [0.1, 0.15) is 60.0 Å². The molecule has 0 saturated heterocycles. The van der Waals surface area contributed by atoms with Crippen molar-refractivity contribution in [1.82, 2.24) is 34.1 Å². The Bertz CT molecular complexity index is 2410. The van der Waals surface area contributed by atoms with Crippen molar-refractivity contribution in [2.75, 3.05) is 0 Å². The second-order valence-corrected chi connectivity index (χ2v) is 13.1. The van der Waals surface area contributed by atoms with Gasteiger partial charge in [0.2, 0.25) is 11.6 Å². The summed E-state index contributed by atoms with van der Waals surface area (Å²) in [7, 11) is 0. The molecule has 9 nitrogen and oxygen atoms in total. The van der Waals surface area contributed by atoms with Crippen molar-refractivity contribution in [3.63, 3.8) is 0 Å². The van der Waals surface area contributed by atoms with E-state index in [1.165, 1.54) is 47.5 Å².